The average Bonchev–Trinajstić information content (AvgIpc) is 3.90. The van der Waals surface area contributed by atoms with Crippen molar-refractivity contribution in [3.8, 4) is 34.0 Å². The average molecular weight is 703 g/mol. The predicted octanol–water partition coefficient (Wildman–Crippen LogP) is 12.0. The normalized spacial score (nSPS) is 12.0. The lowest BCUT2D eigenvalue weighted by Gasteiger charge is -2.12. The summed E-state index contributed by atoms with van der Waals surface area (Å²) in [5.41, 5.74) is 12.7. The number of benzene rings is 8. The summed E-state index contributed by atoms with van der Waals surface area (Å²) in [5, 5.41) is 5.82. The van der Waals surface area contributed by atoms with E-state index in [0.29, 0.717) is 5.82 Å². The lowest BCUT2D eigenvalue weighted by Crippen LogP contribution is -1.97. The molecule has 0 bridgehead atoms. The molecule has 4 heterocycles. The molecule has 0 aliphatic heterocycles. The minimum absolute atomic E-state index is 0.706. The van der Waals surface area contributed by atoms with Crippen LogP contribution in [0.15, 0.2) is 182 Å². The quantitative estimate of drug-likeness (QED) is 0.183. The van der Waals surface area contributed by atoms with Crippen molar-refractivity contribution in [3.05, 3.63) is 182 Å². The van der Waals surface area contributed by atoms with Crippen molar-refractivity contribution < 1.29 is 0 Å². The summed E-state index contributed by atoms with van der Waals surface area (Å²) >= 11 is 0. The van der Waals surface area contributed by atoms with E-state index in [2.05, 4.69) is 183 Å². The van der Waals surface area contributed by atoms with Gasteiger partial charge in [0.05, 0.1) is 44.3 Å². The molecule has 6 heteroatoms. The fourth-order valence-corrected chi connectivity index (χ4v) is 8.51. The Bertz CT molecular complexity index is 3490. The summed E-state index contributed by atoms with van der Waals surface area (Å²) in [4.78, 5) is 15.4. The van der Waals surface area contributed by atoms with Gasteiger partial charge in [-0.15, -0.1) is 0 Å². The first kappa shape index (κ1) is 29.9. The van der Waals surface area contributed by atoms with Crippen molar-refractivity contribution >= 4 is 71.3 Å². The number of fused-ring (bicyclic) bond motifs is 10. The van der Waals surface area contributed by atoms with Crippen molar-refractivity contribution in [2.75, 3.05) is 0 Å². The van der Waals surface area contributed by atoms with Gasteiger partial charge >= 0.3 is 0 Å². The molecular weight excluding hydrogens is 673 g/mol. The molecule has 0 radical (unpaired) electrons. The molecule has 0 saturated carbocycles. The van der Waals surface area contributed by atoms with Gasteiger partial charge in [-0.3, -0.25) is 8.97 Å². The summed E-state index contributed by atoms with van der Waals surface area (Å²) in [7, 11) is 0. The number of para-hydroxylation sites is 6. The van der Waals surface area contributed by atoms with E-state index in [4.69, 9.17) is 15.0 Å². The van der Waals surface area contributed by atoms with E-state index in [9.17, 15) is 0 Å². The van der Waals surface area contributed by atoms with Gasteiger partial charge < -0.3 is 4.57 Å². The largest absolute Gasteiger partial charge is 0.309 e. The zero-order chi connectivity index (χ0) is 36.0. The van der Waals surface area contributed by atoms with Crippen molar-refractivity contribution in [3.63, 3.8) is 0 Å². The van der Waals surface area contributed by atoms with Crippen molar-refractivity contribution in [2.24, 2.45) is 0 Å². The van der Waals surface area contributed by atoms with E-state index in [0.717, 1.165) is 78.0 Å². The third-order valence-electron chi connectivity index (χ3n) is 11.0. The highest BCUT2D eigenvalue weighted by Gasteiger charge is 2.19. The minimum Gasteiger partial charge on any atom is -0.309 e. The summed E-state index contributed by atoms with van der Waals surface area (Å²) in [6, 6.07) is 64.3. The summed E-state index contributed by atoms with van der Waals surface area (Å²) in [6.07, 6.45) is 0. The number of rotatable bonds is 4. The van der Waals surface area contributed by atoms with Gasteiger partial charge in [-0.1, -0.05) is 97.1 Å². The van der Waals surface area contributed by atoms with Crippen LogP contribution in [-0.4, -0.2) is 28.5 Å². The Morgan fingerprint density at radius 2 is 0.982 bits per heavy atom. The first-order valence-electron chi connectivity index (χ1n) is 18.5. The topological polar surface area (TPSA) is 52.9 Å². The Balaban J connectivity index is 0.997. The minimum atomic E-state index is 0.706. The predicted molar refractivity (Wildman–Crippen MR) is 225 cm³/mol. The molecule has 4 aromatic heterocycles. The molecule has 0 fully saturated rings. The van der Waals surface area contributed by atoms with E-state index < -0.39 is 0 Å². The van der Waals surface area contributed by atoms with Gasteiger partial charge in [0.1, 0.15) is 0 Å². The van der Waals surface area contributed by atoms with E-state index in [1.807, 2.05) is 12.1 Å². The number of hydrogen-bond donors (Lipinski definition) is 0. The molecule has 0 spiro atoms. The Labute approximate surface area is 314 Å². The van der Waals surface area contributed by atoms with Gasteiger partial charge in [-0.25, -0.2) is 15.0 Å². The van der Waals surface area contributed by atoms with Gasteiger partial charge in [-0.2, -0.15) is 0 Å². The smallest absolute Gasteiger partial charge is 0.220 e. The molecule has 256 valence electrons. The second kappa shape index (κ2) is 11.5. The van der Waals surface area contributed by atoms with Crippen LogP contribution in [0.25, 0.3) is 105 Å². The first-order chi connectivity index (χ1) is 27.3. The number of aromatic nitrogens is 6. The summed E-state index contributed by atoms with van der Waals surface area (Å²) in [5.74, 6) is 1.61. The Morgan fingerprint density at radius 3 is 1.84 bits per heavy atom. The molecular formula is C49H30N6. The van der Waals surface area contributed by atoms with Gasteiger partial charge in [0.25, 0.3) is 0 Å². The van der Waals surface area contributed by atoms with Crippen LogP contribution in [0.5, 0.6) is 0 Å². The monoisotopic (exact) mass is 702 g/mol. The molecule has 0 aliphatic rings. The molecule has 12 rings (SSSR count). The van der Waals surface area contributed by atoms with Gasteiger partial charge in [0, 0.05) is 38.7 Å². The van der Waals surface area contributed by atoms with Crippen LogP contribution in [0.3, 0.4) is 0 Å². The van der Waals surface area contributed by atoms with Crippen LogP contribution in [-0.2, 0) is 0 Å². The SMILES string of the molecule is c1ccc2cc(-c3nc(-c4ccc(-n5c6ccccc6c6cc(-n7c8ccccc8n8c9ccccc9nc78)ccc65)cc4)nc4ccccc34)ccc2c1. The number of hydrogen-bond acceptors (Lipinski definition) is 3. The lowest BCUT2D eigenvalue weighted by molar-refractivity contribution is 1.11. The Kier molecular flexibility index (Phi) is 6.24. The maximum atomic E-state index is 5.20. The van der Waals surface area contributed by atoms with Crippen LogP contribution < -0.4 is 0 Å². The third-order valence-corrected chi connectivity index (χ3v) is 11.0. The molecule has 0 N–H and O–H groups in total. The maximum Gasteiger partial charge on any atom is 0.220 e. The van der Waals surface area contributed by atoms with Gasteiger partial charge in [-0.05, 0) is 95.7 Å². The van der Waals surface area contributed by atoms with E-state index in [1.165, 1.54) is 21.5 Å². The van der Waals surface area contributed by atoms with Crippen molar-refractivity contribution in [1.82, 2.24) is 28.5 Å². The highest BCUT2D eigenvalue weighted by molar-refractivity contribution is 6.10. The van der Waals surface area contributed by atoms with Crippen LogP contribution in [0, 0.1) is 0 Å². The molecule has 8 aromatic carbocycles. The van der Waals surface area contributed by atoms with Crippen LogP contribution in [0.4, 0.5) is 0 Å². The van der Waals surface area contributed by atoms with E-state index in [1.54, 1.807) is 0 Å². The fraction of sp³-hybridized carbons (Fsp3) is 0. The van der Waals surface area contributed by atoms with Crippen LogP contribution in [0.1, 0.15) is 0 Å². The Morgan fingerprint density at radius 1 is 0.345 bits per heavy atom. The maximum absolute atomic E-state index is 5.20. The number of nitrogens with zero attached hydrogens (tertiary/aromatic N) is 6. The molecule has 0 aliphatic carbocycles. The summed E-state index contributed by atoms with van der Waals surface area (Å²) < 4.78 is 6.91. The van der Waals surface area contributed by atoms with Crippen LogP contribution >= 0.6 is 0 Å². The number of imidazole rings is 2. The highest BCUT2D eigenvalue weighted by Crippen LogP contribution is 2.37. The molecule has 12 aromatic rings. The fourth-order valence-electron chi connectivity index (χ4n) is 8.51. The molecule has 0 saturated heterocycles. The zero-order valence-electron chi connectivity index (χ0n) is 29.5. The van der Waals surface area contributed by atoms with Crippen LogP contribution in [0.2, 0.25) is 0 Å². The second-order valence-electron chi connectivity index (χ2n) is 14.1. The lowest BCUT2D eigenvalue weighted by atomic mass is 10.0. The zero-order valence-corrected chi connectivity index (χ0v) is 29.5. The molecule has 55 heavy (non-hydrogen) atoms. The molecule has 0 atom stereocenters. The Hall–Kier alpha value is -7.57. The third kappa shape index (κ3) is 4.46. The van der Waals surface area contributed by atoms with Crippen molar-refractivity contribution in [2.45, 2.75) is 0 Å². The standard InChI is InChI=1S/C49H30N6/c1-2-12-33-29-34(22-21-31(33)11-1)47-38-14-3-5-15-40(38)50-48(52-47)32-23-25-35(26-24-32)53-42-17-7-4-13-37(42)39-30-36(27-28-43(39)53)54-45-19-9-10-20-46(45)55-44-18-8-6-16-41(44)51-49(54)55/h1-30H. The summed E-state index contributed by atoms with van der Waals surface area (Å²) in [6.45, 7) is 0. The highest BCUT2D eigenvalue weighted by atomic mass is 15.2. The van der Waals surface area contributed by atoms with Crippen molar-refractivity contribution in [1.29, 1.82) is 0 Å². The van der Waals surface area contributed by atoms with Gasteiger partial charge in [0.2, 0.25) is 5.78 Å². The van der Waals surface area contributed by atoms with Gasteiger partial charge in [0.15, 0.2) is 5.82 Å². The van der Waals surface area contributed by atoms with E-state index >= 15 is 0 Å². The van der Waals surface area contributed by atoms with E-state index in [-0.39, 0.29) is 0 Å². The second-order valence-corrected chi connectivity index (χ2v) is 14.1. The molecule has 0 amide bonds. The first-order valence-corrected chi connectivity index (χ1v) is 18.5. The molecule has 6 nitrogen and oxygen atoms in total. The molecule has 0 unspecified atom stereocenters.